The number of sulfonamides is 1. The Balaban J connectivity index is 2.33. The van der Waals surface area contributed by atoms with E-state index in [0.717, 1.165) is 0 Å². The van der Waals surface area contributed by atoms with Gasteiger partial charge >= 0.3 is 0 Å². The van der Waals surface area contributed by atoms with E-state index in [1.165, 1.54) is 24.4 Å². The molecule has 0 aliphatic rings. The number of nitrogens with zero attached hydrogens (tertiary/aromatic N) is 1. The summed E-state index contributed by atoms with van der Waals surface area (Å²) in [6, 6.07) is 4.07. The first kappa shape index (κ1) is 14.4. The van der Waals surface area contributed by atoms with Crippen LogP contribution in [-0.4, -0.2) is 24.5 Å². The number of hydrogen-bond acceptors (Lipinski definition) is 4. The fourth-order valence-electron chi connectivity index (χ4n) is 1.60. The standard InChI is InChI=1S/C11H11ClN4O3S/c1-6-10(5-14-15-6)20(18,19)16-7-2-3-8(11(13)17)9(12)4-7/h2-5,16H,1H3,(H2,13,17)(H,14,15). The van der Waals surface area contributed by atoms with Gasteiger partial charge in [0.2, 0.25) is 5.91 Å². The third kappa shape index (κ3) is 2.75. The number of rotatable bonds is 4. The molecule has 0 fully saturated rings. The number of hydrogen-bond donors (Lipinski definition) is 3. The van der Waals surface area contributed by atoms with Crippen molar-refractivity contribution in [1.29, 1.82) is 0 Å². The van der Waals surface area contributed by atoms with Crippen molar-refractivity contribution in [3.05, 3.63) is 40.7 Å². The van der Waals surface area contributed by atoms with Crippen LogP contribution in [0.5, 0.6) is 0 Å². The third-order valence-corrected chi connectivity index (χ3v) is 4.37. The highest BCUT2D eigenvalue weighted by Gasteiger charge is 2.19. The van der Waals surface area contributed by atoms with Crippen LogP contribution >= 0.6 is 11.6 Å². The van der Waals surface area contributed by atoms with Gasteiger partial charge < -0.3 is 5.73 Å². The summed E-state index contributed by atoms with van der Waals surface area (Å²) >= 11 is 5.86. The van der Waals surface area contributed by atoms with Crippen molar-refractivity contribution in [3.63, 3.8) is 0 Å². The molecule has 0 radical (unpaired) electrons. The second kappa shape index (κ2) is 5.14. The predicted molar refractivity (Wildman–Crippen MR) is 74.1 cm³/mol. The lowest BCUT2D eigenvalue weighted by Crippen LogP contribution is -2.15. The quantitative estimate of drug-likeness (QED) is 0.787. The summed E-state index contributed by atoms with van der Waals surface area (Å²) in [5.41, 5.74) is 5.87. The summed E-state index contributed by atoms with van der Waals surface area (Å²) < 4.78 is 26.6. The smallest absolute Gasteiger partial charge is 0.265 e. The molecule has 1 aromatic heterocycles. The van der Waals surface area contributed by atoms with Crippen LogP contribution in [0.25, 0.3) is 0 Å². The van der Waals surface area contributed by atoms with Gasteiger partial charge in [-0.1, -0.05) is 11.6 Å². The molecule has 1 heterocycles. The average molecular weight is 315 g/mol. The van der Waals surface area contributed by atoms with Crippen molar-refractivity contribution >= 4 is 33.2 Å². The first-order valence-electron chi connectivity index (χ1n) is 5.43. The molecule has 0 spiro atoms. The molecule has 1 aromatic carbocycles. The molecular weight excluding hydrogens is 304 g/mol. The monoisotopic (exact) mass is 314 g/mol. The summed E-state index contributed by atoms with van der Waals surface area (Å²) in [6.45, 7) is 1.59. The minimum atomic E-state index is -3.77. The van der Waals surface area contributed by atoms with E-state index in [-0.39, 0.29) is 21.2 Å². The van der Waals surface area contributed by atoms with E-state index in [9.17, 15) is 13.2 Å². The number of halogens is 1. The van der Waals surface area contributed by atoms with Crippen molar-refractivity contribution in [2.75, 3.05) is 4.72 Å². The lowest BCUT2D eigenvalue weighted by atomic mass is 10.2. The van der Waals surface area contributed by atoms with Crippen LogP contribution in [0.1, 0.15) is 16.1 Å². The number of carbonyl (C=O) groups is 1. The average Bonchev–Trinajstić information content (AvgIpc) is 2.75. The van der Waals surface area contributed by atoms with Crippen LogP contribution in [0.15, 0.2) is 29.3 Å². The highest BCUT2D eigenvalue weighted by Crippen LogP contribution is 2.23. The number of nitrogens with one attached hydrogen (secondary N) is 2. The minimum absolute atomic E-state index is 0.0348. The van der Waals surface area contributed by atoms with Crippen LogP contribution in [-0.2, 0) is 10.0 Å². The molecule has 4 N–H and O–H groups in total. The minimum Gasteiger partial charge on any atom is -0.366 e. The highest BCUT2D eigenvalue weighted by atomic mass is 35.5. The van der Waals surface area contributed by atoms with Crippen LogP contribution in [0.4, 0.5) is 5.69 Å². The van der Waals surface area contributed by atoms with E-state index in [1.807, 2.05) is 0 Å². The molecule has 0 unspecified atom stereocenters. The summed E-state index contributed by atoms with van der Waals surface area (Å²) in [5, 5.41) is 6.26. The molecular formula is C11H11ClN4O3S. The SMILES string of the molecule is Cc1[nH]ncc1S(=O)(=O)Nc1ccc(C(N)=O)c(Cl)c1. The second-order valence-corrected chi connectivity index (χ2v) is 6.08. The first-order chi connectivity index (χ1) is 9.31. The number of nitrogens with two attached hydrogens (primary N) is 1. The number of primary amides is 1. The topological polar surface area (TPSA) is 118 Å². The maximum absolute atomic E-state index is 12.1. The summed E-state index contributed by atoms with van der Waals surface area (Å²) in [7, 11) is -3.77. The van der Waals surface area contributed by atoms with Crippen LogP contribution in [0.3, 0.4) is 0 Å². The van der Waals surface area contributed by atoms with E-state index in [0.29, 0.717) is 5.69 Å². The molecule has 9 heteroatoms. The second-order valence-electron chi connectivity index (χ2n) is 4.02. The number of amides is 1. The van der Waals surface area contributed by atoms with E-state index < -0.39 is 15.9 Å². The predicted octanol–water partition coefficient (Wildman–Crippen LogP) is 1.27. The van der Waals surface area contributed by atoms with Gasteiger partial charge in [-0.15, -0.1) is 0 Å². The summed E-state index contributed by atoms with van der Waals surface area (Å²) in [4.78, 5) is 11.1. The Morgan fingerprint density at radius 2 is 2.15 bits per heavy atom. The molecule has 2 rings (SSSR count). The molecule has 0 aliphatic carbocycles. The van der Waals surface area contributed by atoms with Gasteiger partial charge in [0.15, 0.2) is 0 Å². The number of anilines is 1. The van der Waals surface area contributed by atoms with Gasteiger partial charge in [-0.2, -0.15) is 5.10 Å². The lowest BCUT2D eigenvalue weighted by molar-refractivity contribution is 0.100. The highest BCUT2D eigenvalue weighted by molar-refractivity contribution is 7.92. The first-order valence-corrected chi connectivity index (χ1v) is 7.29. The molecule has 106 valence electrons. The zero-order valence-corrected chi connectivity index (χ0v) is 11.9. The Morgan fingerprint density at radius 1 is 1.45 bits per heavy atom. The summed E-state index contributed by atoms with van der Waals surface area (Å²) in [5.74, 6) is -0.685. The number of carbonyl (C=O) groups excluding carboxylic acids is 1. The maximum Gasteiger partial charge on any atom is 0.265 e. The fraction of sp³-hybridized carbons (Fsp3) is 0.0909. The maximum atomic E-state index is 12.1. The van der Waals surface area contributed by atoms with Gasteiger partial charge in [-0.05, 0) is 25.1 Å². The van der Waals surface area contributed by atoms with Gasteiger partial charge in [0.05, 0.1) is 28.2 Å². The molecule has 1 amide bonds. The van der Waals surface area contributed by atoms with Gasteiger partial charge in [-0.25, -0.2) is 8.42 Å². The molecule has 20 heavy (non-hydrogen) atoms. The largest absolute Gasteiger partial charge is 0.366 e. The Hall–Kier alpha value is -2.06. The van der Waals surface area contributed by atoms with Crippen molar-refractivity contribution in [2.24, 2.45) is 5.73 Å². The van der Waals surface area contributed by atoms with Gasteiger partial charge in [0, 0.05) is 0 Å². The lowest BCUT2D eigenvalue weighted by Gasteiger charge is -2.08. The Kier molecular flexibility index (Phi) is 3.69. The van der Waals surface area contributed by atoms with Gasteiger partial charge in [0.25, 0.3) is 10.0 Å². The number of H-pyrrole nitrogens is 1. The van der Waals surface area contributed by atoms with Crippen molar-refractivity contribution in [1.82, 2.24) is 10.2 Å². The molecule has 0 saturated carbocycles. The number of aromatic amines is 1. The summed E-state index contributed by atoms with van der Waals surface area (Å²) in [6.07, 6.45) is 1.21. The third-order valence-electron chi connectivity index (χ3n) is 2.56. The van der Waals surface area contributed by atoms with E-state index in [2.05, 4.69) is 14.9 Å². The molecule has 0 saturated heterocycles. The number of aromatic nitrogens is 2. The van der Waals surface area contributed by atoms with Gasteiger partial charge in [-0.3, -0.25) is 14.6 Å². The van der Waals surface area contributed by atoms with Crippen molar-refractivity contribution in [2.45, 2.75) is 11.8 Å². The molecule has 2 aromatic rings. The van der Waals surface area contributed by atoms with Gasteiger partial charge in [0.1, 0.15) is 4.90 Å². The fourth-order valence-corrected chi connectivity index (χ4v) is 3.06. The van der Waals surface area contributed by atoms with Crippen LogP contribution < -0.4 is 10.5 Å². The molecule has 0 atom stereocenters. The van der Waals surface area contributed by atoms with Crippen LogP contribution in [0, 0.1) is 6.92 Å². The molecule has 0 bridgehead atoms. The Bertz CT molecular complexity index is 770. The van der Waals surface area contributed by atoms with Crippen LogP contribution in [0.2, 0.25) is 5.02 Å². The Morgan fingerprint density at radius 3 is 2.65 bits per heavy atom. The van der Waals surface area contributed by atoms with E-state index >= 15 is 0 Å². The van der Waals surface area contributed by atoms with E-state index in [4.69, 9.17) is 17.3 Å². The Labute approximate surface area is 120 Å². The number of benzene rings is 1. The molecule has 7 nitrogen and oxygen atoms in total. The molecule has 0 aliphatic heterocycles. The zero-order valence-electron chi connectivity index (χ0n) is 10.3. The van der Waals surface area contributed by atoms with Crippen molar-refractivity contribution in [3.8, 4) is 0 Å². The number of aryl methyl sites for hydroxylation is 1. The zero-order chi connectivity index (χ0) is 14.9. The van der Waals surface area contributed by atoms with Crippen molar-refractivity contribution < 1.29 is 13.2 Å². The normalized spacial score (nSPS) is 11.3. The van der Waals surface area contributed by atoms with E-state index in [1.54, 1.807) is 6.92 Å².